The van der Waals surface area contributed by atoms with Gasteiger partial charge in [-0.15, -0.1) is 12.2 Å². The number of carbonyl (C=O) groups excluding carboxylic acids is 1. The number of hydrogen-bond donors (Lipinski definition) is 0. The van der Waals surface area contributed by atoms with E-state index in [-0.39, 0.29) is 17.1 Å². The van der Waals surface area contributed by atoms with Crippen LogP contribution in [0.25, 0.3) is 0 Å². The first-order valence-electron chi connectivity index (χ1n) is 2.17. The predicted octanol–water partition coefficient (Wildman–Crippen LogP) is 0.980. The molecule has 0 atom stereocenters. The van der Waals surface area contributed by atoms with E-state index in [1.807, 2.05) is 18.4 Å². The van der Waals surface area contributed by atoms with Crippen molar-refractivity contribution in [2.45, 2.75) is 6.42 Å². The molecule has 0 unspecified atom stereocenters. The molecule has 44 valence electrons. The van der Waals surface area contributed by atoms with Gasteiger partial charge in [0, 0.05) is 17.1 Å². The summed E-state index contributed by atoms with van der Waals surface area (Å²) in [5.74, 6) is 0. The van der Waals surface area contributed by atoms with E-state index in [1.165, 1.54) is 0 Å². The van der Waals surface area contributed by atoms with Crippen LogP contribution in [-0.4, -0.2) is 6.29 Å². The zero-order valence-corrected chi connectivity index (χ0v) is 5.31. The molecule has 1 aliphatic rings. The second-order valence-electron chi connectivity index (χ2n) is 1.43. The van der Waals surface area contributed by atoms with Crippen molar-refractivity contribution in [1.82, 2.24) is 0 Å². The first-order chi connectivity index (χ1) is 3.43. The molecule has 0 radical (unpaired) electrons. The summed E-state index contributed by atoms with van der Waals surface area (Å²) in [6.45, 7) is 0. The van der Waals surface area contributed by atoms with Gasteiger partial charge in [-0.05, 0) is 12.7 Å². The Kier molecular flexibility index (Phi) is 3.49. The molecule has 0 aromatic carbocycles. The van der Waals surface area contributed by atoms with Crippen LogP contribution in [0.2, 0.25) is 0 Å². The fourth-order valence-corrected chi connectivity index (χ4v) is 0.523. The summed E-state index contributed by atoms with van der Waals surface area (Å²) in [6, 6.07) is 0. The fourth-order valence-electron chi connectivity index (χ4n) is 0.523. The van der Waals surface area contributed by atoms with Crippen LogP contribution in [-0.2, 0) is 21.9 Å². The summed E-state index contributed by atoms with van der Waals surface area (Å²) in [7, 11) is 0. The third-order valence-corrected chi connectivity index (χ3v) is 0.902. The molecule has 0 aliphatic heterocycles. The topological polar surface area (TPSA) is 17.1 Å². The van der Waals surface area contributed by atoms with Gasteiger partial charge in [0.25, 0.3) is 0 Å². The third-order valence-electron chi connectivity index (χ3n) is 0.902. The number of hydrogen-bond acceptors (Lipinski definition) is 1. The minimum atomic E-state index is 0. The minimum Gasteiger partial charge on any atom is -0.419 e. The Morgan fingerprint density at radius 2 is 2.38 bits per heavy atom. The molecule has 0 saturated heterocycles. The van der Waals surface area contributed by atoms with E-state index in [2.05, 4.69) is 0 Å². The quantitative estimate of drug-likeness (QED) is 0.401. The first-order valence-corrected chi connectivity index (χ1v) is 2.17. The fraction of sp³-hybridized carbons (Fsp3) is 0.167. The molecule has 0 saturated carbocycles. The molecule has 0 aromatic rings. The second-order valence-corrected chi connectivity index (χ2v) is 1.43. The van der Waals surface area contributed by atoms with Crippen LogP contribution >= 0.6 is 0 Å². The molecule has 1 nitrogen and oxygen atoms in total. The maximum Gasteiger partial charge on any atom is 0 e. The van der Waals surface area contributed by atoms with Crippen molar-refractivity contribution in [3.8, 4) is 0 Å². The largest absolute Gasteiger partial charge is 0.419 e. The van der Waals surface area contributed by atoms with E-state index in [4.69, 9.17) is 0 Å². The summed E-state index contributed by atoms with van der Waals surface area (Å²) in [5, 5.41) is 0. The normalized spacial score (nSPS) is 14.8. The van der Waals surface area contributed by atoms with Crippen molar-refractivity contribution < 1.29 is 21.9 Å². The molecular formula is C6H5FeO-. The van der Waals surface area contributed by atoms with Crippen LogP contribution in [0.1, 0.15) is 6.42 Å². The monoisotopic (exact) mass is 149 g/mol. The van der Waals surface area contributed by atoms with Crippen molar-refractivity contribution >= 4 is 6.29 Å². The summed E-state index contributed by atoms with van der Waals surface area (Å²) in [5.41, 5.74) is 0.750. The van der Waals surface area contributed by atoms with Gasteiger partial charge in [-0.3, -0.25) is 0 Å². The molecule has 0 heterocycles. The van der Waals surface area contributed by atoms with Gasteiger partial charge in [0.2, 0.25) is 0 Å². The van der Waals surface area contributed by atoms with Gasteiger partial charge in [-0.1, -0.05) is 0 Å². The van der Waals surface area contributed by atoms with E-state index in [0.717, 1.165) is 12.0 Å². The van der Waals surface area contributed by atoms with E-state index in [1.54, 1.807) is 6.08 Å². The van der Waals surface area contributed by atoms with Gasteiger partial charge < -0.3 is 4.79 Å². The predicted molar refractivity (Wildman–Crippen MR) is 27.5 cm³/mol. The van der Waals surface area contributed by atoms with Crippen LogP contribution in [0, 0.1) is 0 Å². The van der Waals surface area contributed by atoms with Crippen molar-refractivity contribution in [2.75, 3.05) is 0 Å². The van der Waals surface area contributed by atoms with Crippen LogP contribution < -0.4 is 0 Å². The molecule has 0 spiro atoms. The van der Waals surface area contributed by atoms with Crippen LogP contribution in [0.5, 0.6) is 0 Å². The van der Waals surface area contributed by atoms with Crippen molar-refractivity contribution in [3.05, 3.63) is 23.8 Å². The Bertz CT molecular complexity index is 135. The number of allylic oxidation sites excluding steroid dienone is 4. The molecular weight excluding hydrogens is 144 g/mol. The van der Waals surface area contributed by atoms with Gasteiger partial charge >= 0.3 is 0 Å². The Labute approximate surface area is 58.9 Å². The van der Waals surface area contributed by atoms with Crippen LogP contribution in [0.4, 0.5) is 0 Å². The SMILES string of the molecule is O=[C-]C1=CC=CC1.[Fe]. The van der Waals surface area contributed by atoms with Crippen LogP contribution in [0.15, 0.2) is 23.8 Å². The molecule has 0 fully saturated rings. The molecule has 1 rings (SSSR count). The summed E-state index contributed by atoms with van der Waals surface area (Å²) < 4.78 is 0. The Morgan fingerprint density at radius 1 is 1.62 bits per heavy atom. The van der Waals surface area contributed by atoms with Gasteiger partial charge in [0.1, 0.15) is 0 Å². The minimum absolute atomic E-state index is 0. The first kappa shape index (κ1) is 7.67. The van der Waals surface area contributed by atoms with Gasteiger partial charge in [-0.25, -0.2) is 6.08 Å². The summed E-state index contributed by atoms with van der Waals surface area (Å²) in [6.07, 6.45) is 8.14. The van der Waals surface area contributed by atoms with Gasteiger partial charge in [-0.2, -0.15) is 5.57 Å². The van der Waals surface area contributed by atoms with E-state index in [0.29, 0.717) is 0 Å². The molecule has 8 heavy (non-hydrogen) atoms. The zero-order valence-electron chi connectivity index (χ0n) is 4.20. The van der Waals surface area contributed by atoms with Gasteiger partial charge in [0.05, 0.1) is 0 Å². The van der Waals surface area contributed by atoms with Crippen LogP contribution in [0.3, 0.4) is 0 Å². The molecule has 0 aromatic heterocycles. The smallest absolute Gasteiger partial charge is 0 e. The average Bonchev–Trinajstić information content (AvgIpc) is 2.14. The molecule has 2 heteroatoms. The Hall–Kier alpha value is -0.331. The second kappa shape index (κ2) is 3.64. The van der Waals surface area contributed by atoms with Crippen molar-refractivity contribution in [3.63, 3.8) is 0 Å². The Morgan fingerprint density at radius 3 is 2.62 bits per heavy atom. The standard InChI is InChI=1S/C6H5O.Fe/c7-5-6-3-1-2-4-6;/h1-3H,4H2;/q-1;. The van der Waals surface area contributed by atoms with Gasteiger partial charge in [0.15, 0.2) is 0 Å². The molecule has 0 N–H and O–H groups in total. The Balaban J connectivity index is 0.000000490. The average molecular weight is 149 g/mol. The van der Waals surface area contributed by atoms with E-state index in [9.17, 15) is 4.79 Å². The van der Waals surface area contributed by atoms with E-state index >= 15 is 0 Å². The van der Waals surface area contributed by atoms with E-state index < -0.39 is 0 Å². The van der Waals surface area contributed by atoms with Crippen molar-refractivity contribution in [2.24, 2.45) is 0 Å². The molecule has 0 amide bonds. The molecule has 0 bridgehead atoms. The maximum atomic E-state index is 9.77. The maximum absolute atomic E-state index is 9.77. The molecule has 1 aliphatic carbocycles. The van der Waals surface area contributed by atoms with Crippen molar-refractivity contribution in [1.29, 1.82) is 0 Å². The summed E-state index contributed by atoms with van der Waals surface area (Å²) in [4.78, 5) is 9.77. The third kappa shape index (κ3) is 1.64. The zero-order chi connectivity index (χ0) is 5.11. The number of rotatable bonds is 1. The summed E-state index contributed by atoms with van der Waals surface area (Å²) >= 11 is 0.